The number of likely N-dealkylation sites (N-methyl/N-ethyl adjacent to an activating group) is 1. The van der Waals surface area contributed by atoms with E-state index in [4.69, 9.17) is 0 Å². The van der Waals surface area contributed by atoms with Gasteiger partial charge in [-0.2, -0.15) is 0 Å². The second-order valence-electron chi connectivity index (χ2n) is 5.16. The minimum Gasteiger partial charge on any atom is -0.370 e. The summed E-state index contributed by atoms with van der Waals surface area (Å²) in [5, 5.41) is 3.46. The molecule has 1 heterocycles. The van der Waals surface area contributed by atoms with Crippen molar-refractivity contribution in [1.29, 1.82) is 0 Å². The minimum absolute atomic E-state index is 0.626. The van der Waals surface area contributed by atoms with Crippen LogP contribution in [-0.2, 0) is 0 Å². The molecule has 1 aliphatic rings. The number of aryl methyl sites for hydroxylation is 2. The molecule has 88 valence electrons. The fourth-order valence-electron chi connectivity index (χ4n) is 2.66. The summed E-state index contributed by atoms with van der Waals surface area (Å²) in [7, 11) is 2.21. The van der Waals surface area contributed by atoms with Gasteiger partial charge in [-0.3, -0.25) is 0 Å². The first-order chi connectivity index (χ1) is 7.58. The second-order valence-corrected chi connectivity index (χ2v) is 5.16. The zero-order chi connectivity index (χ0) is 11.7. The lowest BCUT2D eigenvalue weighted by Gasteiger charge is -2.29. The molecule has 1 fully saturated rings. The van der Waals surface area contributed by atoms with Gasteiger partial charge in [-0.1, -0.05) is 13.0 Å². The Labute approximate surface area is 98.7 Å². The molecule has 0 spiro atoms. The number of nitrogens with zero attached hydrogens (tertiary/aromatic N) is 1. The van der Waals surface area contributed by atoms with Gasteiger partial charge in [0.1, 0.15) is 0 Å². The molecule has 1 N–H and O–H groups in total. The molecule has 2 rings (SSSR count). The number of nitrogens with one attached hydrogen (secondary N) is 1. The molecule has 1 saturated heterocycles. The maximum atomic E-state index is 3.46. The third-order valence-electron chi connectivity index (χ3n) is 3.59. The quantitative estimate of drug-likeness (QED) is 0.819. The summed E-state index contributed by atoms with van der Waals surface area (Å²) in [6, 6.07) is 7.41. The van der Waals surface area contributed by atoms with Crippen molar-refractivity contribution >= 4 is 5.69 Å². The lowest BCUT2D eigenvalue weighted by Crippen LogP contribution is -2.37. The van der Waals surface area contributed by atoms with Crippen LogP contribution in [-0.4, -0.2) is 26.2 Å². The monoisotopic (exact) mass is 218 g/mol. The molecule has 0 saturated carbocycles. The zero-order valence-electron chi connectivity index (χ0n) is 10.7. The summed E-state index contributed by atoms with van der Waals surface area (Å²) >= 11 is 0. The van der Waals surface area contributed by atoms with Gasteiger partial charge in [0.05, 0.1) is 0 Å². The van der Waals surface area contributed by atoms with Crippen LogP contribution in [0.1, 0.15) is 18.1 Å². The molecule has 0 amide bonds. The summed E-state index contributed by atoms with van der Waals surface area (Å²) in [5.74, 6) is 0.728. The predicted octanol–water partition coefficient (Wildman–Crippen LogP) is 2.35. The van der Waals surface area contributed by atoms with E-state index in [1.54, 1.807) is 0 Å². The summed E-state index contributed by atoms with van der Waals surface area (Å²) in [4.78, 5) is 2.42. The Morgan fingerprint density at radius 3 is 2.25 bits per heavy atom. The number of anilines is 1. The lowest BCUT2D eigenvalue weighted by atomic mass is 10.0. The first-order valence-electron chi connectivity index (χ1n) is 6.10. The maximum Gasteiger partial charge on any atom is 0.0448 e. The Kier molecular flexibility index (Phi) is 3.20. The highest BCUT2D eigenvalue weighted by Crippen LogP contribution is 2.23. The average molecular weight is 218 g/mol. The standard InChI is InChI=1S/C14H22N2/c1-10-5-11(2)7-13(6-10)16(4)14-9-15-8-12(14)3/h5-7,12,14-15H,8-9H2,1-4H3. The van der Waals surface area contributed by atoms with Crippen LogP contribution in [0.25, 0.3) is 0 Å². The van der Waals surface area contributed by atoms with Gasteiger partial charge in [-0.25, -0.2) is 0 Å². The number of hydrogen-bond acceptors (Lipinski definition) is 2. The van der Waals surface area contributed by atoms with Crippen LogP contribution in [0.3, 0.4) is 0 Å². The van der Waals surface area contributed by atoms with Crippen molar-refractivity contribution in [2.75, 3.05) is 25.0 Å². The van der Waals surface area contributed by atoms with Crippen LogP contribution in [0.15, 0.2) is 18.2 Å². The van der Waals surface area contributed by atoms with E-state index >= 15 is 0 Å². The largest absolute Gasteiger partial charge is 0.370 e. The third-order valence-corrected chi connectivity index (χ3v) is 3.59. The van der Waals surface area contributed by atoms with E-state index in [9.17, 15) is 0 Å². The summed E-state index contributed by atoms with van der Waals surface area (Å²) in [5.41, 5.74) is 4.04. The Morgan fingerprint density at radius 1 is 1.12 bits per heavy atom. The van der Waals surface area contributed by atoms with Gasteiger partial charge in [-0.15, -0.1) is 0 Å². The Hall–Kier alpha value is -1.02. The Bertz CT molecular complexity index is 353. The fraction of sp³-hybridized carbons (Fsp3) is 0.571. The molecule has 2 atom stereocenters. The van der Waals surface area contributed by atoms with E-state index < -0.39 is 0 Å². The van der Waals surface area contributed by atoms with Crippen LogP contribution in [0.5, 0.6) is 0 Å². The SMILES string of the molecule is Cc1cc(C)cc(N(C)C2CNCC2C)c1. The Balaban J connectivity index is 2.22. The van der Waals surface area contributed by atoms with Crippen LogP contribution < -0.4 is 10.2 Å². The van der Waals surface area contributed by atoms with E-state index in [-0.39, 0.29) is 0 Å². The predicted molar refractivity (Wildman–Crippen MR) is 70.1 cm³/mol. The smallest absolute Gasteiger partial charge is 0.0448 e. The zero-order valence-corrected chi connectivity index (χ0v) is 10.7. The number of rotatable bonds is 2. The molecule has 2 unspecified atom stereocenters. The van der Waals surface area contributed by atoms with Crippen molar-refractivity contribution in [3.05, 3.63) is 29.3 Å². The molecule has 2 heteroatoms. The molecular formula is C14H22N2. The van der Waals surface area contributed by atoms with Gasteiger partial charge in [0, 0.05) is 25.3 Å². The minimum atomic E-state index is 0.626. The van der Waals surface area contributed by atoms with Crippen LogP contribution in [0.4, 0.5) is 5.69 Å². The van der Waals surface area contributed by atoms with Gasteiger partial charge >= 0.3 is 0 Å². The van der Waals surface area contributed by atoms with Crippen molar-refractivity contribution in [2.45, 2.75) is 26.8 Å². The van der Waals surface area contributed by atoms with Gasteiger partial charge in [0.2, 0.25) is 0 Å². The van der Waals surface area contributed by atoms with Crippen LogP contribution >= 0.6 is 0 Å². The first-order valence-corrected chi connectivity index (χ1v) is 6.10. The summed E-state index contributed by atoms with van der Waals surface area (Å²) < 4.78 is 0. The van der Waals surface area contributed by atoms with Gasteiger partial charge < -0.3 is 10.2 Å². The third kappa shape index (κ3) is 2.22. The van der Waals surface area contributed by atoms with Crippen LogP contribution in [0, 0.1) is 19.8 Å². The van der Waals surface area contributed by atoms with Crippen molar-refractivity contribution in [3.8, 4) is 0 Å². The van der Waals surface area contributed by atoms with E-state index in [1.807, 2.05) is 0 Å². The van der Waals surface area contributed by atoms with Crippen molar-refractivity contribution in [3.63, 3.8) is 0 Å². The van der Waals surface area contributed by atoms with Crippen molar-refractivity contribution < 1.29 is 0 Å². The molecule has 16 heavy (non-hydrogen) atoms. The second kappa shape index (κ2) is 4.46. The van der Waals surface area contributed by atoms with Crippen molar-refractivity contribution in [2.24, 2.45) is 5.92 Å². The summed E-state index contributed by atoms with van der Waals surface area (Å²) in [6.07, 6.45) is 0. The molecule has 1 aliphatic heterocycles. The van der Waals surface area contributed by atoms with Gasteiger partial charge in [0.15, 0.2) is 0 Å². The lowest BCUT2D eigenvalue weighted by molar-refractivity contribution is 0.539. The fourth-order valence-corrected chi connectivity index (χ4v) is 2.66. The molecule has 0 radical (unpaired) electrons. The normalized spacial score (nSPS) is 24.8. The molecule has 2 nitrogen and oxygen atoms in total. The van der Waals surface area contributed by atoms with E-state index in [2.05, 4.69) is 56.2 Å². The highest BCUT2D eigenvalue weighted by atomic mass is 15.2. The molecule has 1 aromatic rings. The molecular weight excluding hydrogens is 196 g/mol. The molecule has 0 bridgehead atoms. The highest BCUT2D eigenvalue weighted by Gasteiger charge is 2.26. The topological polar surface area (TPSA) is 15.3 Å². The van der Waals surface area contributed by atoms with E-state index in [0.29, 0.717) is 6.04 Å². The van der Waals surface area contributed by atoms with E-state index in [1.165, 1.54) is 16.8 Å². The molecule has 1 aromatic carbocycles. The van der Waals surface area contributed by atoms with Crippen molar-refractivity contribution in [1.82, 2.24) is 5.32 Å². The first kappa shape index (κ1) is 11.5. The molecule has 0 aromatic heterocycles. The number of hydrogen-bond donors (Lipinski definition) is 1. The Morgan fingerprint density at radius 2 is 1.75 bits per heavy atom. The molecule has 0 aliphatic carbocycles. The summed E-state index contributed by atoms with van der Waals surface area (Å²) in [6.45, 7) is 8.90. The average Bonchev–Trinajstić information content (AvgIpc) is 2.62. The van der Waals surface area contributed by atoms with Gasteiger partial charge in [-0.05, 0) is 49.6 Å². The van der Waals surface area contributed by atoms with Crippen LogP contribution in [0.2, 0.25) is 0 Å². The number of benzene rings is 1. The van der Waals surface area contributed by atoms with Gasteiger partial charge in [0.25, 0.3) is 0 Å². The maximum absolute atomic E-state index is 3.46. The highest BCUT2D eigenvalue weighted by molar-refractivity contribution is 5.51. The van der Waals surface area contributed by atoms with E-state index in [0.717, 1.165) is 19.0 Å².